The first-order chi connectivity index (χ1) is 17.0. The summed E-state index contributed by atoms with van der Waals surface area (Å²) in [6, 6.07) is 0.333. The van der Waals surface area contributed by atoms with Crippen molar-refractivity contribution in [1.82, 2.24) is 5.32 Å². The first-order valence-electron chi connectivity index (χ1n) is 13.0. The van der Waals surface area contributed by atoms with Crippen LogP contribution in [0.1, 0.15) is 111 Å². The number of nitrogens with two attached hydrogens (primary N) is 1. The van der Waals surface area contributed by atoms with E-state index in [1.807, 2.05) is 19.2 Å². The van der Waals surface area contributed by atoms with Gasteiger partial charge in [0.15, 0.2) is 6.61 Å². The second-order valence-electron chi connectivity index (χ2n) is 8.94. The van der Waals surface area contributed by atoms with Crippen molar-refractivity contribution >= 4 is 25.6 Å². The maximum Gasteiger partial charge on any atom is 0.410 e. The van der Waals surface area contributed by atoms with Crippen molar-refractivity contribution < 1.29 is 42.9 Å². The van der Waals surface area contributed by atoms with Gasteiger partial charge in [-0.15, -0.1) is 0 Å². The average Bonchev–Trinajstić information content (AvgIpc) is 2.79. The van der Waals surface area contributed by atoms with Gasteiger partial charge in [-0.3, -0.25) is 13.9 Å². The normalized spacial score (nSPS) is 12.3. The molecule has 0 aromatic carbocycles. The highest BCUT2D eigenvalue weighted by atomic mass is 31.2. The highest BCUT2D eigenvalue weighted by Gasteiger charge is 2.22. The van der Waals surface area contributed by atoms with Crippen LogP contribution in [0.4, 0.5) is 4.79 Å². The lowest BCUT2D eigenvalue weighted by Crippen LogP contribution is -2.27. The minimum Gasteiger partial charge on any atom is -0.480 e. The number of rotatable bonds is 21. The highest BCUT2D eigenvalue weighted by Crippen LogP contribution is 2.39. The summed E-state index contributed by atoms with van der Waals surface area (Å²) in [7, 11) is -4.29. The van der Waals surface area contributed by atoms with Gasteiger partial charge in [-0.1, -0.05) is 97.8 Å². The van der Waals surface area contributed by atoms with E-state index in [1.165, 1.54) is 64.2 Å². The molecule has 36 heavy (non-hydrogen) atoms. The standard InChI is InChI=1S/C21H40NO9P.C3H9N/c1-2-3-4-5-6-7-8-9-10-11-12-13-14-15-20(25)29-18-30-21(26)22-17-32(27,28)31-16-19(23)24;1-3(2)4/h2-18H2,1H3,(H,22,26)(H,23,24)(H,27,28);3H,4H2,1-2H3. The first-order valence-corrected chi connectivity index (χ1v) is 14.8. The summed E-state index contributed by atoms with van der Waals surface area (Å²) in [6.07, 6.45) is 14.0. The van der Waals surface area contributed by atoms with Gasteiger partial charge in [0, 0.05) is 6.42 Å². The minimum absolute atomic E-state index is 0.234. The summed E-state index contributed by atoms with van der Waals surface area (Å²) in [5, 5.41) is 10.3. The molecule has 214 valence electrons. The Balaban J connectivity index is 0. The van der Waals surface area contributed by atoms with Gasteiger partial charge in [0.2, 0.25) is 6.79 Å². The van der Waals surface area contributed by atoms with Crippen LogP contribution >= 0.6 is 7.60 Å². The Labute approximate surface area is 216 Å². The van der Waals surface area contributed by atoms with E-state index in [9.17, 15) is 23.8 Å². The van der Waals surface area contributed by atoms with Gasteiger partial charge in [-0.05, 0) is 12.5 Å². The van der Waals surface area contributed by atoms with E-state index in [-0.39, 0.29) is 6.42 Å². The number of esters is 1. The molecule has 0 aliphatic heterocycles. The molecule has 0 rings (SSSR count). The molecule has 5 N–H and O–H groups in total. The summed E-state index contributed by atoms with van der Waals surface area (Å²) in [6.45, 7) is 4.53. The van der Waals surface area contributed by atoms with Crippen molar-refractivity contribution in [2.24, 2.45) is 5.73 Å². The Morgan fingerprint density at radius 1 is 0.861 bits per heavy atom. The summed E-state index contributed by atoms with van der Waals surface area (Å²) in [5.41, 5.74) is 5.11. The monoisotopic (exact) mass is 540 g/mol. The van der Waals surface area contributed by atoms with Gasteiger partial charge in [0.25, 0.3) is 0 Å². The molecule has 11 nitrogen and oxygen atoms in total. The molecule has 1 amide bonds. The molecule has 0 fully saturated rings. The van der Waals surface area contributed by atoms with Gasteiger partial charge >= 0.3 is 25.6 Å². The molecule has 0 saturated heterocycles. The number of aliphatic carboxylic acids is 1. The summed E-state index contributed by atoms with van der Waals surface area (Å²) in [5.74, 6) is -1.91. The van der Waals surface area contributed by atoms with Crippen LogP contribution in [0.2, 0.25) is 0 Å². The lowest BCUT2D eigenvalue weighted by molar-refractivity contribution is -0.152. The van der Waals surface area contributed by atoms with Crippen LogP contribution in [0.5, 0.6) is 0 Å². The van der Waals surface area contributed by atoms with E-state index < -0.39 is 45.3 Å². The van der Waals surface area contributed by atoms with Crippen molar-refractivity contribution in [3.05, 3.63) is 0 Å². The minimum atomic E-state index is -4.29. The SMILES string of the molecule is CC(C)N.CCCCCCCCCCCCCCCC(=O)OCOC(=O)NCP(=O)(O)OCC(=O)O. The average molecular weight is 541 g/mol. The molecule has 1 atom stereocenters. The molecular formula is C24H49N2O9P. The number of carboxylic acid groups (broad SMARTS) is 1. The molecule has 0 aliphatic rings. The van der Waals surface area contributed by atoms with E-state index in [4.69, 9.17) is 15.6 Å². The molecule has 1 unspecified atom stereocenters. The van der Waals surface area contributed by atoms with Crippen LogP contribution < -0.4 is 11.1 Å². The van der Waals surface area contributed by atoms with Crippen LogP contribution in [0.25, 0.3) is 0 Å². The predicted octanol–water partition coefficient (Wildman–Crippen LogP) is 5.29. The third kappa shape index (κ3) is 32.3. The molecule has 0 aliphatic carbocycles. The lowest BCUT2D eigenvalue weighted by Gasteiger charge is -2.12. The van der Waals surface area contributed by atoms with Gasteiger partial charge in [-0.25, -0.2) is 9.59 Å². The quantitative estimate of drug-likeness (QED) is 0.0647. The third-order valence-electron chi connectivity index (χ3n) is 4.71. The van der Waals surface area contributed by atoms with E-state index >= 15 is 0 Å². The Morgan fingerprint density at radius 2 is 1.31 bits per heavy atom. The Hall–Kier alpha value is -1.68. The molecule has 12 heteroatoms. The highest BCUT2D eigenvalue weighted by molar-refractivity contribution is 7.52. The molecule has 0 heterocycles. The zero-order valence-corrected chi connectivity index (χ0v) is 23.3. The van der Waals surface area contributed by atoms with E-state index in [0.717, 1.165) is 12.8 Å². The van der Waals surface area contributed by atoms with Crippen molar-refractivity contribution in [2.45, 2.75) is 117 Å². The number of amides is 1. The van der Waals surface area contributed by atoms with E-state index in [1.54, 1.807) is 0 Å². The second-order valence-corrected chi connectivity index (χ2v) is 10.8. The molecular weight excluding hydrogens is 491 g/mol. The summed E-state index contributed by atoms with van der Waals surface area (Å²) < 4.78 is 25.0. The Kier molecular flexibility index (Phi) is 25.3. The molecule has 0 radical (unpaired) electrons. The number of carbonyl (C=O) groups is 3. The molecule has 0 aromatic heterocycles. The van der Waals surface area contributed by atoms with Gasteiger partial charge in [0.1, 0.15) is 6.29 Å². The van der Waals surface area contributed by atoms with Gasteiger partial charge in [-0.2, -0.15) is 0 Å². The number of carboxylic acids is 1. The maximum absolute atomic E-state index is 11.6. The summed E-state index contributed by atoms with van der Waals surface area (Å²) >= 11 is 0. The van der Waals surface area contributed by atoms with E-state index in [2.05, 4.69) is 16.2 Å². The molecule has 0 bridgehead atoms. The van der Waals surface area contributed by atoms with Crippen LogP contribution in [0, 0.1) is 0 Å². The number of hydrogen-bond donors (Lipinski definition) is 4. The fraction of sp³-hybridized carbons (Fsp3) is 0.875. The predicted molar refractivity (Wildman–Crippen MR) is 138 cm³/mol. The maximum atomic E-state index is 11.6. The number of unbranched alkanes of at least 4 members (excludes halogenated alkanes) is 12. The van der Waals surface area contributed by atoms with Gasteiger partial charge in [0.05, 0.1) is 0 Å². The molecule has 0 saturated carbocycles. The lowest BCUT2D eigenvalue weighted by atomic mass is 10.0. The zero-order chi connectivity index (χ0) is 27.7. The Bertz CT molecular complexity index is 616. The largest absolute Gasteiger partial charge is 0.480 e. The van der Waals surface area contributed by atoms with Crippen LogP contribution in [0.3, 0.4) is 0 Å². The summed E-state index contributed by atoms with van der Waals surface area (Å²) in [4.78, 5) is 42.5. The Morgan fingerprint density at radius 3 is 1.75 bits per heavy atom. The number of carbonyl (C=O) groups excluding carboxylic acids is 2. The number of hydrogen-bond acceptors (Lipinski definition) is 8. The molecule has 0 spiro atoms. The number of nitrogens with one attached hydrogen (secondary N) is 1. The number of alkyl carbamates (subject to hydrolysis) is 1. The smallest absolute Gasteiger partial charge is 0.410 e. The number of ether oxygens (including phenoxy) is 2. The van der Waals surface area contributed by atoms with Crippen molar-refractivity contribution in [3.8, 4) is 0 Å². The van der Waals surface area contributed by atoms with E-state index in [0.29, 0.717) is 12.5 Å². The van der Waals surface area contributed by atoms with Crippen LogP contribution in [-0.2, 0) is 28.2 Å². The van der Waals surface area contributed by atoms with Crippen LogP contribution in [0.15, 0.2) is 0 Å². The fourth-order valence-electron chi connectivity index (χ4n) is 2.93. The van der Waals surface area contributed by atoms with Crippen molar-refractivity contribution in [2.75, 3.05) is 19.7 Å². The molecule has 0 aromatic rings. The zero-order valence-electron chi connectivity index (χ0n) is 22.4. The fourth-order valence-corrected chi connectivity index (χ4v) is 3.66. The second kappa shape index (κ2) is 25.0. The van der Waals surface area contributed by atoms with Crippen molar-refractivity contribution in [1.29, 1.82) is 0 Å². The van der Waals surface area contributed by atoms with Crippen LogP contribution in [-0.4, -0.2) is 53.8 Å². The van der Waals surface area contributed by atoms with Crippen molar-refractivity contribution in [3.63, 3.8) is 0 Å². The van der Waals surface area contributed by atoms with Gasteiger partial charge < -0.3 is 30.5 Å². The third-order valence-corrected chi connectivity index (χ3v) is 5.80. The first kappa shape index (κ1) is 36.5. The topological polar surface area (TPSA) is 174 Å².